The van der Waals surface area contributed by atoms with Crippen LogP contribution in [0.5, 0.6) is 0 Å². The van der Waals surface area contributed by atoms with Gasteiger partial charge in [-0.2, -0.15) is 0 Å². The Balaban J connectivity index is 1.70. The van der Waals surface area contributed by atoms with Crippen LogP contribution in [0, 0.1) is 4.77 Å². The standard InChI is InChI=1S/C22H21N3O2S/c1-3-12-25-21(27)17-10-8-15(13-18(17)23-22(25)28)20(26)24(2)19-11-9-14-6-4-5-7-16(14)19/h3-8,10,13,19H,1,9,11-12H2,2H3,(H,23,28). The maximum atomic E-state index is 13.1. The normalized spacial score (nSPS) is 15.4. The molecule has 1 aliphatic carbocycles. The molecule has 1 aliphatic rings. The van der Waals surface area contributed by atoms with E-state index in [0.717, 1.165) is 12.8 Å². The summed E-state index contributed by atoms with van der Waals surface area (Å²) >= 11 is 5.29. The third kappa shape index (κ3) is 2.99. The molecule has 1 unspecified atom stereocenters. The Morgan fingerprint density at radius 1 is 1.36 bits per heavy atom. The van der Waals surface area contributed by atoms with Gasteiger partial charge < -0.3 is 9.88 Å². The Labute approximate surface area is 167 Å². The van der Waals surface area contributed by atoms with Crippen LogP contribution >= 0.6 is 12.2 Å². The van der Waals surface area contributed by atoms with Crippen molar-refractivity contribution in [1.29, 1.82) is 0 Å². The van der Waals surface area contributed by atoms with Gasteiger partial charge in [0.15, 0.2) is 4.77 Å². The number of carbonyl (C=O) groups is 1. The van der Waals surface area contributed by atoms with Crippen molar-refractivity contribution < 1.29 is 4.79 Å². The Morgan fingerprint density at radius 2 is 2.14 bits per heavy atom. The Hall–Kier alpha value is -2.99. The molecule has 1 heterocycles. The summed E-state index contributed by atoms with van der Waals surface area (Å²) in [6, 6.07) is 13.4. The van der Waals surface area contributed by atoms with Crippen molar-refractivity contribution in [1.82, 2.24) is 14.5 Å². The molecular formula is C22H21N3O2S. The maximum Gasteiger partial charge on any atom is 0.262 e. The first kappa shape index (κ1) is 18.4. The number of aryl methyl sites for hydroxylation is 1. The molecule has 4 rings (SSSR count). The average Bonchev–Trinajstić information content (AvgIpc) is 3.13. The van der Waals surface area contributed by atoms with Crippen LogP contribution in [0.3, 0.4) is 0 Å². The zero-order valence-electron chi connectivity index (χ0n) is 15.6. The number of rotatable bonds is 4. The summed E-state index contributed by atoms with van der Waals surface area (Å²) in [4.78, 5) is 30.6. The molecule has 0 fully saturated rings. The summed E-state index contributed by atoms with van der Waals surface area (Å²) < 4.78 is 1.77. The molecule has 2 aromatic carbocycles. The van der Waals surface area contributed by atoms with Crippen LogP contribution in [0.25, 0.3) is 10.9 Å². The maximum absolute atomic E-state index is 13.1. The van der Waals surface area contributed by atoms with Gasteiger partial charge in [-0.05, 0) is 54.4 Å². The highest BCUT2D eigenvalue weighted by Gasteiger charge is 2.29. The van der Waals surface area contributed by atoms with Gasteiger partial charge in [0.25, 0.3) is 11.5 Å². The summed E-state index contributed by atoms with van der Waals surface area (Å²) in [5, 5.41) is 0.501. The molecule has 1 amide bonds. The summed E-state index contributed by atoms with van der Waals surface area (Å²) in [7, 11) is 1.84. The van der Waals surface area contributed by atoms with Crippen LogP contribution in [-0.2, 0) is 13.0 Å². The van der Waals surface area contributed by atoms with Crippen molar-refractivity contribution in [3.05, 3.63) is 86.9 Å². The number of benzene rings is 2. The lowest BCUT2D eigenvalue weighted by molar-refractivity contribution is 0.0730. The second-order valence-electron chi connectivity index (χ2n) is 7.06. The first-order valence-corrected chi connectivity index (χ1v) is 9.65. The summed E-state index contributed by atoms with van der Waals surface area (Å²) in [6.07, 6.45) is 3.53. The Morgan fingerprint density at radius 3 is 2.93 bits per heavy atom. The number of nitrogens with zero attached hydrogens (tertiary/aromatic N) is 2. The van der Waals surface area contributed by atoms with Crippen molar-refractivity contribution in [3.63, 3.8) is 0 Å². The van der Waals surface area contributed by atoms with Crippen LogP contribution in [-0.4, -0.2) is 27.4 Å². The van der Waals surface area contributed by atoms with E-state index in [1.165, 1.54) is 15.7 Å². The van der Waals surface area contributed by atoms with E-state index in [4.69, 9.17) is 12.2 Å². The lowest BCUT2D eigenvalue weighted by Gasteiger charge is -2.25. The Bertz CT molecular complexity index is 1210. The molecule has 0 saturated carbocycles. The molecule has 6 heteroatoms. The van der Waals surface area contributed by atoms with Gasteiger partial charge in [0.05, 0.1) is 16.9 Å². The molecule has 1 N–H and O–H groups in total. The van der Waals surface area contributed by atoms with Crippen LogP contribution in [0.2, 0.25) is 0 Å². The van der Waals surface area contributed by atoms with Crippen LogP contribution in [0.1, 0.15) is 33.9 Å². The quantitative estimate of drug-likeness (QED) is 0.540. The van der Waals surface area contributed by atoms with Crippen molar-refractivity contribution in [3.8, 4) is 0 Å². The highest BCUT2D eigenvalue weighted by molar-refractivity contribution is 7.71. The largest absolute Gasteiger partial charge is 0.335 e. The summed E-state index contributed by atoms with van der Waals surface area (Å²) in [5.74, 6) is -0.0711. The van der Waals surface area contributed by atoms with Crippen molar-refractivity contribution in [2.24, 2.45) is 0 Å². The van der Waals surface area contributed by atoms with Gasteiger partial charge in [0, 0.05) is 19.2 Å². The van der Waals surface area contributed by atoms with Crippen LogP contribution < -0.4 is 5.56 Å². The number of aromatic amines is 1. The molecule has 0 radical (unpaired) electrons. The number of H-pyrrole nitrogens is 1. The molecule has 0 spiro atoms. The highest BCUT2D eigenvalue weighted by atomic mass is 32.1. The first-order chi connectivity index (χ1) is 13.5. The number of aromatic nitrogens is 2. The molecule has 1 aromatic heterocycles. The molecule has 5 nitrogen and oxygen atoms in total. The second kappa shape index (κ2) is 7.20. The predicted molar refractivity (Wildman–Crippen MR) is 113 cm³/mol. The molecular weight excluding hydrogens is 370 g/mol. The van der Waals surface area contributed by atoms with E-state index in [1.807, 2.05) is 19.2 Å². The van der Waals surface area contributed by atoms with Gasteiger partial charge in [-0.1, -0.05) is 30.3 Å². The number of fused-ring (bicyclic) bond motifs is 2. The Kier molecular flexibility index (Phi) is 4.73. The number of allylic oxidation sites excluding steroid dienone is 1. The molecule has 0 saturated heterocycles. The minimum atomic E-state index is -0.185. The fraction of sp³-hybridized carbons (Fsp3) is 0.227. The van der Waals surface area contributed by atoms with E-state index >= 15 is 0 Å². The minimum absolute atomic E-state index is 0.0680. The number of nitrogens with one attached hydrogen (secondary N) is 1. The van der Waals surface area contributed by atoms with E-state index in [2.05, 4.69) is 23.7 Å². The predicted octanol–water partition coefficient (Wildman–Crippen LogP) is 4.00. The van der Waals surface area contributed by atoms with Gasteiger partial charge >= 0.3 is 0 Å². The van der Waals surface area contributed by atoms with E-state index in [0.29, 0.717) is 27.8 Å². The number of amides is 1. The molecule has 28 heavy (non-hydrogen) atoms. The van der Waals surface area contributed by atoms with E-state index in [1.54, 1.807) is 29.2 Å². The van der Waals surface area contributed by atoms with Gasteiger partial charge in [0.1, 0.15) is 0 Å². The van der Waals surface area contributed by atoms with Crippen LogP contribution in [0.4, 0.5) is 0 Å². The van der Waals surface area contributed by atoms with Crippen LogP contribution in [0.15, 0.2) is 59.9 Å². The fourth-order valence-corrected chi connectivity index (χ4v) is 4.23. The summed E-state index contributed by atoms with van der Waals surface area (Å²) in [5.41, 5.74) is 3.44. The third-order valence-corrected chi connectivity index (χ3v) is 5.75. The molecule has 142 valence electrons. The average molecular weight is 391 g/mol. The lowest BCUT2D eigenvalue weighted by atomic mass is 10.1. The van der Waals surface area contributed by atoms with Crippen molar-refractivity contribution in [2.75, 3.05) is 7.05 Å². The lowest BCUT2D eigenvalue weighted by Crippen LogP contribution is -2.30. The van der Waals surface area contributed by atoms with Gasteiger partial charge in [-0.15, -0.1) is 6.58 Å². The zero-order valence-corrected chi connectivity index (χ0v) is 16.5. The SMILES string of the molecule is C=CCn1c(=S)[nH]c2cc(C(=O)N(C)C3CCc4ccccc43)ccc2c1=O. The van der Waals surface area contributed by atoms with Gasteiger partial charge in [-0.3, -0.25) is 14.2 Å². The molecule has 0 bridgehead atoms. The zero-order chi connectivity index (χ0) is 19.8. The highest BCUT2D eigenvalue weighted by Crippen LogP contribution is 2.35. The van der Waals surface area contributed by atoms with E-state index in [9.17, 15) is 9.59 Å². The number of hydrogen-bond acceptors (Lipinski definition) is 3. The molecule has 1 atom stereocenters. The first-order valence-electron chi connectivity index (χ1n) is 9.24. The third-order valence-electron chi connectivity index (χ3n) is 5.43. The fourth-order valence-electron chi connectivity index (χ4n) is 3.96. The van der Waals surface area contributed by atoms with Crippen molar-refractivity contribution in [2.45, 2.75) is 25.4 Å². The van der Waals surface area contributed by atoms with Gasteiger partial charge in [0.2, 0.25) is 0 Å². The smallest absolute Gasteiger partial charge is 0.262 e. The minimum Gasteiger partial charge on any atom is -0.335 e. The number of carbonyl (C=O) groups excluding carboxylic acids is 1. The summed E-state index contributed by atoms with van der Waals surface area (Å²) in [6.45, 7) is 4.00. The second-order valence-corrected chi connectivity index (χ2v) is 7.45. The van der Waals surface area contributed by atoms with E-state index < -0.39 is 0 Å². The molecule has 3 aromatic rings. The monoisotopic (exact) mass is 391 g/mol. The van der Waals surface area contributed by atoms with Gasteiger partial charge in [-0.25, -0.2) is 0 Å². The van der Waals surface area contributed by atoms with Crippen molar-refractivity contribution >= 4 is 29.0 Å². The van der Waals surface area contributed by atoms with E-state index in [-0.39, 0.29) is 17.5 Å². The topological polar surface area (TPSA) is 58.1 Å². The number of hydrogen-bond donors (Lipinski definition) is 1. The molecule has 0 aliphatic heterocycles.